The first kappa shape index (κ1) is 21.0. The third kappa shape index (κ3) is 4.24. The van der Waals surface area contributed by atoms with Gasteiger partial charge in [0, 0.05) is 5.56 Å². The highest BCUT2D eigenvalue weighted by molar-refractivity contribution is 7.98. The van der Waals surface area contributed by atoms with Gasteiger partial charge in [-0.3, -0.25) is 14.5 Å². The molecule has 0 amide bonds. The van der Waals surface area contributed by atoms with Gasteiger partial charge in [-0.1, -0.05) is 46.7 Å². The number of aromatic amines is 1. The van der Waals surface area contributed by atoms with E-state index in [-0.39, 0.29) is 5.56 Å². The quantitative estimate of drug-likeness (QED) is 0.285. The van der Waals surface area contributed by atoms with Gasteiger partial charge in [0.1, 0.15) is 11.1 Å². The fourth-order valence-corrected chi connectivity index (χ4v) is 4.16. The average molecular weight is 461 g/mol. The molecule has 0 saturated carbocycles. The molecule has 0 aliphatic heterocycles. The Labute approximate surface area is 192 Å². The molecule has 2 aromatic carbocycles. The highest BCUT2D eigenvalue weighted by atomic mass is 32.2. The average Bonchev–Trinajstić information content (AvgIpc) is 3.49. The fourth-order valence-electron chi connectivity index (χ4n) is 3.32. The van der Waals surface area contributed by atoms with Crippen LogP contribution < -0.4 is 10.3 Å². The van der Waals surface area contributed by atoms with Crippen molar-refractivity contribution < 1.29 is 9.26 Å². The van der Waals surface area contributed by atoms with Crippen LogP contribution >= 0.6 is 11.8 Å². The van der Waals surface area contributed by atoms with Crippen molar-refractivity contribution in [3.8, 4) is 22.8 Å². The van der Waals surface area contributed by atoms with Crippen molar-refractivity contribution in [2.45, 2.75) is 24.8 Å². The molecule has 9 nitrogen and oxygen atoms in total. The number of thioether (sulfide) groups is 1. The standard InChI is InChI=1S/C23H20N6O3S/c1-3-31-17-10-8-16(9-11-17)29-22(30)18-12-24-27-21(18)26-23(29)33-13-19-25-20(28-32-19)15-6-4-14(2)5-7-15/h4-12H,3,13H2,1-2H3,(H,24,27). The minimum Gasteiger partial charge on any atom is -0.494 e. The number of benzene rings is 2. The summed E-state index contributed by atoms with van der Waals surface area (Å²) in [5.74, 6) is 2.04. The Morgan fingerprint density at radius 1 is 1.09 bits per heavy atom. The van der Waals surface area contributed by atoms with Crippen molar-refractivity contribution >= 4 is 22.8 Å². The van der Waals surface area contributed by atoms with Crippen LogP contribution in [0.3, 0.4) is 0 Å². The normalized spacial score (nSPS) is 11.2. The summed E-state index contributed by atoms with van der Waals surface area (Å²) in [6, 6.07) is 15.2. The maximum atomic E-state index is 13.2. The van der Waals surface area contributed by atoms with Crippen LogP contribution in [0.2, 0.25) is 0 Å². The van der Waals surface area contributed by atoms with Crippen molar-refractivity contribution in [2.24, 2.45) is 0 Å². The molecule has 0 radical (unpaired) electrons. The molecule has 0 fully saturated rings. The van der Waals surface area contributed by atoms with Crippen LogP contribution in [-0.4, -0.2) is 36.5 Å². The Balaban J connectivity index is 1.46. The lowest BCUT2D eigenvalue weighted by Gasteiger charge is -2.12. The molecule has 0 unspecified atom stereocenters. The van der Waals surface area contributed by atoms with Gasteiger partial charge in [-0.2, -0.15) is 10.1 Å². The van der Waals surface area contributed by atoms with Crippen LogP contribution in [0, 0.1) is 6.92 Å². The van der Waals surface area contributed by atoms with Crippen LogP contribution in [0.25, 0.3) is 28.1 Å². The van der Waals surface area contributed by atoms with Gasteiger partial charge in [0.2, 0.25) is 11.7 Å². The lowest BCUT2D eigenvalue weighted by molar-refractivity contribution is 0.340. The summed E-state index contributed by atoms with van der Waals surface area (Å²) in [5, 5.41) is 11.7. The molecule has 0 spiro atoms. The third-order valence-electron chi connectivity index (χ3n) is 4.96. The predicted molar refractivity (Wildman–Crippen MR) is 125 cm³/mol. The van der Waals surface area contributed by atoms with Crippen molar-refractivity contribution in [1.29, 1.82) is 0 Å². The molecule has 0 aliphatic rings. The molecule has 1 N–H and O–H groups in total. The molecule has 166 valence electrons. The molecule has 0 aliphatic carbocycles. The highest BCUT2D eigenvalue weighted by Crippen LogP contribution is 2.26. The SMILES string of the molecule is CCOc1ccc(-n2c(SCc3nc(-c4ccc(C)cc4)no3)nc3[nH]ncc3c2=O)cc1. The summed E-state index contributed by atoms with van der Waals surface area (Å²) in [6.07, 6.45) is 1.48. The van der Waals surface area contributed by atoms with E-state index in [0.717, 1.165) is 16.9 Å². The zero-order valence-corrected chi connectivity index (χ0v) is 18.8. The topological polar surface area (TPSA) is 112 Å². The zero-order valence-electron chi connectivity index (χ0n) is 18.0. The molecular weight excluding hydrogens is 440 g/mol. The molecule has 5 rings (SSSR count). The van der Waals surface area contributed by atoms with E-state index >= 15 is 0 Å². The maximum Gasteiger partial charge on any atom is 0.269 e. The number of fused-ring (bicyclic) bond motifs is 1. The monoisotopic (exact) mass is 460 g/mol. The number of hydrogen-bond donors (Lipinski definition) is 1. The van der Waals surface area contributed by atoms with Gasteiger partial charge >= 0.3 is 0 Å². The van der Waals surface area contributed by atoms with E-state index < -0.39 is 0 Å². The van der Waals surface area contributed by atoms with Gasteiger partial charge in [-0.25, -0.2) is 4.98 Å². The first-order chi connectivity index (χ1) is 16.1. The summed E-state index contributed by atoms with van der Waals surface area (Å²) in [4.78, 5) is 22.3. The second-order valence-corrected chi connectivity index (χ2v) is 8.20. The molecule has 0 bridgehead atoms. The van der Waals surface area contributed by atoms with Crippen molar-refractivity contribution in [1.82, 2.24) is 29.9 Å². The first-order valence-electron chi connectivity index (χ1n) is 10.3. The Kier molecular flexibility index (Phi) is 5.66. The highest BCUT2D eigenvalue weighted by Gasteiger charge is 2.17. The Bertz CT molecular complexity index is 1450. The van der Waals surface area contributed by atoms with Crippen LogP contribution in [0.15, 0.2) is 69.2 Å². The van der Waals surface area contributed by atoms with Crippen molar-refractivity contribution in [3.63, 3.8) is 0 Å². The molecule has 5 aromatic rings. The lowest BCUT2D eigenvalue weighted by atomic mass is 10.1. The Morgan fingerprint density at radius 2 is 1.88 bits per heavy atom. The predicted octanol–water partition coefficient (Wildman–Crippen LogP) is 4.16. The number of nitrogens with zero attached hydrogens (tertiary/aromatic N) is 5. The van der Waals surface area contributed by atoms with E-state index in [9.17, 15) is 4.79 Å². The first-order valence-corrected chi connectivity index (χ1v) is 11.3. The number of rotatable bonds is 7. The lowest BCUT2D eigenvalue weighted by Crippen LogP contribution is -2.21. The summed E-state index contributed by atoms with van der Waals surface area (Å²) in [5.41, 5.74) is 2.92. The summed E-state index contributed by atoms with van der Waals surface area (Å²) >= 11 is 1.33. The van der Waals surface area contributed by atoms with Crippen LogP contribution in [-0.2, 0) is 5.75 Å². The zero-order chi connectivity index (χ0) is 22.8. The minimum absolute atomic E-state index is 0.216. The van der Waals surface area contributed by atoms with Crippen LogP contribution in [0.4, 0.5) is 0 Å². The van der Waals surface area contributed by atoms with E-state index in [1.54, 1.807) is 4.57 Å². The smallest absolute Gasteiger partial charge is 0.269 e. The second-order valence-electron chi connectivity index (χ2n) is 7.26. The summed E-state index contributed by atoms with van der Waals surface area (Å²) < 4.78 is 12.5. The number of ether oxygens (including phenoxy) is 1. The number of aromatic nitrogens is 6. The molecular formula is C23H20N6O3S. The van der Waals surface area contributed by atoms with Gasteiger partial charge in [0.15, 0.2) is 10.8 Å². The Hall–Kier alpha value is -3.92. The van der Waals surface area contributed by atoms with Gasteiger partial charge in [0.25, 0.3) is 5.56 Å². The van der Waals surface area contributed by atoms with Gasteiger partial charge in [-0.05, 0) is 38.1 Å². The van der Waals surface area contributed by atoms with E-state index in [4.69, 9.17) is 9.26 Å². The fraction of sp³-hybridized carbons (Fsp3) is 0.174. The van der Waals surface area contributed by atoms with Gasteiger partial charge < -0.3 is 9.26 Å². The van der Waals surface area contributed by atoms with E-state index in [1.807, 2.05) is 62.4 Å². The number of aryl methyl sites for hydroxylation is 1. The van der Waals surface area contributed by atoms with E-state index in [2.05, 4.69) is 25.3 Å². The molecule has 0 atom stereocenters. The molecule has 3 heterocycles. The molecule has 10 heteroatoms. The van der Waals surface area contributed by atoms with Crippen molar-refractivity contribution in [2.75, 3.05) is 6.61 Å². The van der Waals surface area contributed by atoms with E-state index in [0.29, 0.717) is 46.0 Å². The number of hydrogen-bond acceptors (Lipinski definition) is 8. The van der Waals surface area contributed by atoms with Gasteiger partial charge in [-0.15, -0.1) is 0 Å². The second kappa shape index (κ2) is 8.91. The number of nitrogens with one attached hydrogen (secondary N) is 1. The number of H-pyrrole nitrogens is 1. The van der Waals surface area contributed by atoms with Crippen LogP contribution in [0.1, 0.15) is 18.4 Å². The summed E-state index contributed by atoms with van der Waals surface area (Å²) in [6.45, 7) is 4.51. The Morgan fingerprint density at radius 3 is 2.64 bits per heavy atom. The van der Waals surface area contributed by atoms with Crippen LogP contribution in [0.5, 0.6) is 5.75 Å². The molecule has 33 heavy (non-hydrogen) atoms. The largest absolute Gasteiger partial charge is 0.494 e. The third-order valence-corrected chi connectivity index (χ3v) is 5.88. The molecule has 0 saturated heterocycles. The molecule has 3 aromatic heterocycles. The summed E-state index contributed by atoms with van der Waals surface area (Å²) in [7, 11) is 0. The van der Waals surface area contributed by atoms with Crippen molar-refractivity contribution in [3.05, 3.63) is 76.5 Å². The maximum absolute atomic E-state index is 13.2. The minimum atomic E-state index is -0.216. The van der Waals surface area contributed by atoms with Gasteiger partial charge in [0.05, 0.1) is 24.2 Å². The van der Waals surface area contributed by atoms with E-state index in [1.165, 1.54) is 18.0 Å².